The molecule has 4 nitrogen and oxygen atoms in total. The van der Waals surface area contributed by atoms with E-state index in [2.05, 4.69) is 6.92 Å². The zero-order valence-corrected chi connectivity index (χ0v) is 8.07. The minimum atomic E-state index is -1.05. The Balaban J connectivity index is 3.49. The molecule has 78 valence electrons. The fourth-order valence-corrected chi connectivity index (χ4v) is 1.14. The molecule has 13 heavy (non-hydrogen) atoms. The van der Waals surface area contributed by atoms with Gasteiger partial charge in [0.25, 0.3) is 0 Å². The lowest BCUT2D eigenvalue weighted by atomic mass is 10.0. The lowest BCUT2D eigenvalue weighted by molar-refractivity contribution is -0.139. The number of hydrogen-bond donors (Lipinski definition) is 3. The molecule has 0 aliphatic heterocycles. The Hall–Kier alpha value is -0.610. The summed E-state index contributed by atoms with van der Waals surface area (Å²) in [6.45, 7) is 2.08. The first-order valence-corrected chi connectivity index (χ1v) is 4.74. The molecule has 0 aliphatic rings. The van der Waals surface area contributed by atoms with Crippen molar-refractivity contribution in [3.63, 3.8) is 0 Å². The summed E-state index contributed by atoms with van der Waals surface area (Å²) in [5, 5.41) is 17.8. The molecule has 0 radical (unpaired) electrons. The average Bonchev–Trinajstić information content (AvgIpc) is 2.04. The van der Waals surface area contributed by atoms with E-state index in [0.29, 0.717) is 6.42 Å². The fraction of sp³-hybridized carbons (Fsp3) is 0.889. The second-order valence-corrected chi connectivity index (χ2v) is 3.33. The van der Waals surface area contributed by atoms with E-state index in [9.17, 15) is 9.90 Å². The Morgan fingerprint density at radius 2 is 2.08 bits per heavy atom. The van der Waals surface area contributed by atoms with Crippen LogP contribution in [0.25, 0.3) is 0 Å². The van der Waals surface area contributed by atoms with Crippen molar-refractivity contribution >= 4 is 5.97 Å². The minimum absolute atomic E-state index is 0.152. The second kappa shape index (κ2) is 6.86. The van der Waals surface area contributed by atoms with Gasteiger partial charge in [0, 0.05) is 0 Å². The van der Waals surface area contributed by atoms with Crippen LogP contribution in [0.3, 0.4) is 0 Å². The molecule has 4 heteroatoms. The molecule has 0 unspecified atom stereocenters. The van der Waals surface area contributed by atoms with E-state index < -0.39 is 18.1 Å². The van der Waals surface area contributed by atoms with Crippen LogP contribution in [-0.2, 0) is 4.79 Å². The summed E-state index contributed by atoms with van der Waals surface area (Å²) in [5.41, 5.74) is 5.26. The van der Waals surface area contributed by atoms with E-state index in [1.165, 1.54) is 0 Å². The van der Waals surface area contributed by atoms with Gasteiger partial charge >= 0.3 is 5.97 Å². The van der Waals surface area contributed by atoms with Gasteiger partial charge in [-0.05, 0) is 12.8 Å². The first kappa shape index (κ1) is 12.4. The van der Waals surface area contributed by atoms with Crippen molar-refractivity contribution in [2.45, 2.75) is 51.2 Å². The number of rotatable bonds is 7. The molecule has 0 aromatic heterocycles. The first-order chi connectivity index (χ1) is 6.07. The summed E-state index contributed by atoms with van der Waals surface area (Å²) in [5.74, 6) is -1.05. The SMILES string of the molecule is CCCCC[C@H](O)C[C@H](N)C(=O)O. The lowest BCUT2D eigenvalue weighted by Crippen LogP contribution is -2.33. The topological polar surface area (TPSA) is 83.5 Å². The molecule has 0 fully saturated rings. The van der Waals surface area contributed by atoms with Gasteiger partial charge in [0.15, 0.2) is 0 Å². The minimum Gasteiger partial charge on any atom is -0.480 e. The van der Waals surface area contributed by atoms with E-state index in [1.807, 2.05) is 0 Å². The van der Waals surface area contributed by atoms with E-state index in [-0.39, 0.29) is 6.42 Å². The number of unbranched alkanes of at least 4 members (excludes halogenated alkanes) is 2. The molecule has 0 spiro atoms. The van der Waals surface area contributed by atoms with Crippen LogP contribution >= 0.6 is 0 Å². The fourth-order valence-electron chi connectivity index (χ4n) is 1.14. The van der Waals surface area contributed by atoms with Crippen molar-refractivity contribution in [2.24, 2.45) is 5.73 Å². The summed E-state index contributed by atoms with van der Waals surface area (Å²) >= 11 is 0. The summed E-state index contributed by atoms with van der Waals surface area (Å²) < 4.78 is 0. The maximum atomic E-state index is 10.3. The Kier molecular flexibility index (Phi) is 6.54. The molecule has 2 atom stereocenters. The van der Waals surface area contributed by atoms with Crippen molar-refractivity contribution < 1.29 is 15.0 Å². The van der Waals surface area contributed by atoms with Gasteiger partial charge in [0.05, 0.1) is 6.10 Å². The number of aliphatic hydroxyl groups is 1. The maximum Gasteiger partial charge on any atom is 0.320 e. The molecule has 0 saturated carbocycles. The number of nitrogens with two attached hydrogens (primary N) is 1. The second-order valence-electron chi connectivity index (χ2n) is 3.33. The number of hydrogen-bond acceptors (Lipinski definition) is 3. The van der Waals surface area contributed by atoms with Gasteiger partial charge in [0.2, 0.25) is 0 Å². The molecule has 0 saturated heterocycles. The quantitative estimate of drug-likeness (QED) is 0.515. The molecular weight excluding hydrogens is 170 g/mol. The number of carboxylic acids is 1. The zero-order chi connectivity index (χ0) is 10.3. The summed E-state index contributed by atoms with van der Waals surface area (Å²) in [7, 11) is 0. The molecule has 4 N–H and O–H groups in total. The third kappa shape index (κ3) is 6.54. The van der Waals surface area contributed by atoms with Gasteiger partial charge in [-0.25, -0.2) is 0 Å². The van der Waals surface area contributed by atoms with Crippen molar-refractivity contribution in [2.75, 3.05) is 0 Å². The van der Waals surface area contributed by atoms with Crippen molar-refractivity contribution in [3.8, 4) is 0 Å². The number of aliphatic carboxylic acids is 1. The maximum absolute atomic E-state index is 10.3. The van der Waals surface area contributed by atoms with Gasteiger partial charge in [-0.15, -0.1) is 0 Å². The largest absolute Gasteiger partial charge is 0.480 e. The van der Waals surface area contributed by atoms with Crippen molar-refractivity contribution in [1.82, 2.24) is 0 Å². The van der Waals surface area contributed by atoms with E-state index in [1.54, 1.807) is 0 Å². The molecule has 0 aromatic rings. The standard InChI is InChI=1S/C9H19NO3/c1-2-3-4-5-7(11)6-8(10)9(12)13/h7-8,11H,2-6,10H2,1H3,(H,12,13)/t7-,8-/m0/s1. The van der Waals surface area contributed by atoms with Gasteiger partial charge < -0.3 is 15.9 Å². The van der Waals surface area contributed by atoms with Gasteiger partial charge in [-0.1, -0.05) is 26.2 Å². The lowest BCUT2D eigenvalue weighted by Gasteiger charge is -2.12. The molecule has 0 amide bonds. The van der Waals surface area contributed by atoms with Crippen LogP contribution in [0.1, 0.15) is 39.0 Å². The smallest absolute Gasteiger partial charge is 0.320 e. The molecular formula is C9H19NO3. The Labute approximate surface area is 78.7 Å². The highest BCUT2D eigenvalue weighted by atomic mass is 16.4. The monoisotopic (exact) mass is 189 g/mol. The number of carbonyl (C=O) groups is 1. The summed E-state index contributed by atoms with van der Waals surface area (Å²) in [6.07, 6.45) is 3.33. The van der Waals surface area contributed by atoms with Gasteiger partial charge in [-0.2, -0.15) is 0 Å². The average molecular weight is 189 g/mol. The van der Waals surface area contributed by atoms with E-state index in [4.69, 9.17) is 10.8 Å². The number of carboxylic acid groups (broad SMARTS) is 1. The molecule has 0 aliphatic carbocycles. The zero-order valence-electron chi connectivity index (χ0n) is 8.07. The van der Waals surface area contributed by atoms with Crippen LogP contribution in [0.2, 0.25) is 0 Å². The predicted octanol–water partition coefficient (Wildman–Crippen LogP) is 0.730. The van der Waals surface area contributed by atoms with E-state index in [0.717, 1.165) is 19.3 Å². The predicted molar refractivity (Wildman–Crippen MR) is 50.4 cm³/mol. The van der Waals surface area contributed by atoms with Crippen LogP contribution in [0.15, 0.2) is 0 Å². The Morgan fingerprint density at radius 1 is 1.46 bits per heavy atom. The molecule has 0 aromatic carbocycles. The highest BCUT2D eigenvalue weighted by Crippen LogP contribution is 2.07. The van der Waals surface area contributed by atoms with Crippen molar-refractivity contribution in [3.05, 3.63) is 0 Å². The Morgan fingerprint density at radius 3 is 2.54 bits per heavy atom. The normalized spacial score (nSPS) is 15.3. The molecule has 0 heterocycles. The highest BCUT2D eigenvalue weighted by Gasteiger charge is 2.16. The van der Waals surface area contributed by atoms with Crippen LogP contribution < -0.4 is 5.73 Å². The third-order valence-electron chi connectivity index (χ3n) is 1.98. The first-order valence-electron chi connectivity index (χ1n) is 4.74. The van der Waals surface area contributed by atoms with Crippen LogP contribution in [0.4, 0.5) is 0 Å². The van der Waals surface area contributed by atoms with Crippen LogP contribution in [-0.4, -0.2) is 28.3 Å². The summed E-state index contributed by atoms with van der Waals surface area (Å²) in [6, 6.07) is -0.934. The molecule has 0 bridgehead atoms. The van der Waals surface area contributed by atoms with Crippen LogP contribution in [0, 0.1) is 0 Å². The summed E-state index contributed by atoms with van der Waals surface area (Å²) in [4.78, 5) is 10.3. The Bertz CT molecular complexity index is 150. The van der Waals surface area contributed by atoms with E-state index >= 15 is 0 Å². The molecule has 0 rings (SSSR count). The number of aliphatic hydroxyl groups excluding tert-OH is 1. The highest BCUT2D eigenvalue weighted by molar-refractivity contribution is 5.73. The third-order valence-corrected chi connectivity index (χ3v) is 1.98. The van der Waals surface area contributed by atoms with Gasteiger partial charge in [0.1, 0.15) is 6.04 Å². The van der Waals surface area contributed by atoms with Gasteiger partial charge in [-0.3, -0.25) is 4.79 Å². The van der Waals surface area contributed by atoms with Crippen LogP contribution in [0.5, 0.6) is 0 Å². The van der Waals surface area contributed by atoms with Crippen molar-refractivity contribution in [1.29, 1.82) is 0 Å².